The largest absolute Gasteiger partial charge is 0.466 e. The van der Waals surface area contributed by atoms with Gasteiger partial charge >= 0.3 is 0 Å². The summed E-state index contributed by atoms with van der Waals surface area (Å²) in [5, 5.41) is 3.76. The molecule has 120 valence electrons. The summed E-state index contributed by atoms with van der Waals surface area (Å²) < 4.78 is 6.93. The summed E-state index contributed by atoms with van der Waals surface area (Å²) in [6.07, 6.45) is 7.99. The van der Waals surface area contributed by atoms with Gasteiger partial charge in [0.15, 0.2) is 0 Å². The number of nitrogens with one attached hydrogen (secondary N) is 1. The number of nitrogens with zero attached hydrogens (tertiary/aromatic N) is 1. The van der Waals surface area contributed by atoms with E-state index in [1.54, 1.807) is 6.26 Å². The Balaban J connectivity index is 2.38. The third-order valence-corrected chi connectivity index (χ3v) is 5.60. The van der Waals surface area contributed by atoms with Gasteiger partial charge in [0.05, 0.1) is 16.8 Å². The molecular weight excluding hydrogens is 328 g/mol. The minimum absolute atomic E-state index is 0.132. The first-order valence-electron chi connectivity index (χ1n) is 8.15. The molecule has 3 unspecified atom stereocenters. The number of furan rings is 1. The third kappa shape index (κ3) is 3.54. The van der Waals surface area contributed by atoms with Crippen molar-refractivity contribution in [3.05, 3.63) is 22.6 Å². The molecule has 3 atom stereocenters. The van der Waals surface area contributed by atoms with Gasteiger partial charge in [0, 0.05) is 5.54 Å². The van der Waals surface area contributed by atoms with Gasteiger partial charge in [-0.1, -0.05) is 26.7 Å². The number of hydrogen-bond donors (Lipinski definition) is 1. The fourth-order valence-electron chi connectivity index (χ4n) is 3.82. The van der Waals surface area contributed by atoms with E-state index >= 15 is 0 Å². The first-order valence-corrected chi connectivity index (χ1v) is 8.94. The van der Waals surface area contributed by atoms with Gasteiger partial charge in [-0.05, 0) is 67.8 Å². The molecule has 0 amide bonds. The van der Waals surface area contributed by atoms with E-state index in [1.807, 2.05) is 6.07 Å². The molecule has 1 aromatic rings. The van der Waals surface area contributed by atoms with Crippen LogP contribution in [0.4, 0.5) is 0 Å². The first-order chi connectivity index (χ1) is 10.0. The predicted molar refractivity (Wildman–Crippen MR) is 91.5 cm³/mol. The normalized spacial score (nSPS) is 28.0. The summed E-state index contributed by atoms with van der Waals surface area (Å²) >= 11 is 3.66. The van der Waals surface area contributed by atoms with Crippen LogP contribution in [-0.4, -0.2) is 31.1 Å². The minimum atomic E-state index is 0.132. The van der Waals surface area contributed by atoms with Crippen molar-refractivity contribution in [2.24, 2.45) is 5.92 Å². The van der Waals surface area contributed by atoms with Crippen LogP contribution in [0.5, 0.6) is 0 Å². The van der Waals surface area contributed by atoms with E-state index in [4.69, 9.17) is 4.42 Å². The van der Waals surface area contributed by atoms with E-state index in [2.05, 4.69) is 54.1 Å². The average molecular weight is 357 g/mol. The fraction of sp³-hybridized carbons (Fsp3) is 0.765. The summed E-state index contributed by atoms with van der Waals surface area (Å²) in [7, 11) is 4.44. The molecule has 3 nitrogen and oxygen atoms in total. The van der Waals surface area contributed by atoms with Gasteiger partial charge in [0.2, 0.25) is 0 Å². The predicted octanol–water partition coefficient (Wildman–Crippen LogP) is 4.59. The summed E-state index contributed by atoms with van der Waals surface area (Å²) in [5.74, 6) is 1.81. The molecule has 4 heteroatoms. The van der Waals surface area contributed by atoms with Crippen LogP contribution in [0.2, 0.25) is 0 Å². The maximum absolute atomic E-state index is 5.85. The van der Waals surface area contributed by atoms with E-state index in [0.29, 0.717) is 0 Å². The molecule has 0 bridgehead atoms. The third-order valence-electron chi connectivity index (χ3n) is 4.94. The quantitative estimate of drug-likeness (QED) is 0.807. The van der Waals surface area contributed by atoms with Crippen LogP contribution in [0.15, 0.2) is 21.2 Å². The van der Waals surface area contributed by atoms with Crippen LogP contribution < -0.4 is 5.32 Å². The fourth-order valence-corrected chi connectivity index (χ4v) is 4.25. The second kappa shape index (κ2) is 7.30. The SMILES string of the molecule is CCCNC(c1occc1Br)C1(N(C)C)CCCC(C)C1. The highest BCUT2D eigenvalue weighted by Crippen LogP contribution is 2.45. The molecule has 1 aromatic heterocycles. The smallest absolute Gasteiger partial charge is 0.136 e. The molecule has 1 heterocycles. The van der Waals surface area contributed by atoms with Gasteiger partial charge in [-0.15, -0.1) is 0 Å². The highest BCUT2D eigenvalue weighted by molar-refractivity contribution is 9.10. The minimum Gasteiger partial charge on any atom is -0.466 e. The molecule has 1 aliphatic rings. The first kappa shape index (κ1) is 17.0. The van der Waals surface area contributed by atoms with Crippen molar-refractivity contribution in [2.45, 2.75) is 57.5 Å². The molecule has 1 fully saturated rings. The second-order valence-corrected chi connectivity index (χ2v) is 7.57. The van der Waals surface area contributed by atoms with Gasteiger partial charge in [-0.25, -0.2) is 0 Å². The zero-order chi connectivity index (χ0) is 15.5. The van der Waals surface area contributed by atoms with Crippen LogP contribution in [0, 0.1) is 5.92 Å². The maximum atomic E-state index is 5.85. The molecule has 0 radical (unpaired) electrons. The molecule has 0 aromatic carbocycles. The van der Waals surface area contributed by atoms with Crippen molar-refractivity contribution < 1.29 is 4.42 Å². The van der Waals surface area contributed by atoms with Gasteiger partial charge in [-0.2, -0.15) is 0 Å². The molecule has 0 spiro atoms. The van der Waals surface area contributed by atoms with E-state index in [0.717, 1.165) is 29.1 Å². The summed E-state index contributed by atoms with van der Waals surface area (Å²) in [5.41, 5.74) is 0.132. The monoisotopic (exact) mass is 356 g/mol. The number of likely N-dealkylation sites (N-methyl/N-ethyl adjacent to an activating group) is 1. The van der Waals surface area contributed by atoms with Crippen molar-refractivity contribution in [1.82, 2.24) is 10.2 Å². The molecule has 1 aliphatic carbocycles. The van der Waals surface area contributed by atoms with Gasteiger partial charge < -0.3 is 14.6 Å². The lowest BCUT2D eigenvalue weighted by molar-refractivity contribution is 0.0290. The molecule has 2 rings (SSSR count). The van der Waals surface area contributed by atoms with Gasteiger partial charge in [0.1, 0.15) is 5.76 Å². The van der Waals surface area contributed by atoms with Crippen LogP contribution in [0.3, 0.4) is 0 Å². The van der Waals surface area contributed by atoms with Crippen molar-refractivity contribution in [3.8, 4) is 0 Å². The molecule has 21 heavy (non-hydrogen) atoms. The van der Waals surface area contributed by atoms with Gasteiger partial charge in [-0.3, -0.25) is 0 Å². The van der Waals surface area contributed by atoms with E-state index in [1.165, 1.54) is 25.7 Å². The summed E-state index contributed by atoms with van der Waals surface area (Å²) in [4.78, 5) is 2.42. The summed E-state index contributed by atoms with van der Waals surface area (Å²) in [6, 6.07) is 2.24. The number of hydrogen-bond acceptors (Lipinski definition) is 3. The lowest BCUT2D eigenvalue weighted by atomic mass is 9.70. The van der Waals surface area contributed by atoms with Crippen LogP contribution in [0.25, 0.3) is 0 Å². The maximum Gasteiger partial charge on any atom is 0.136 e. The Morgan fingerprint density at radius 1 is 1.52 bits per heavy atom. The van der Waals surface area contributed by atoms with Crippen LogP contribution in [0.1, 0.15) is 57.8 Å². The Morgan fingerprint density at radius 3 is 2.81 bits per heavy atom. The van der Waals surface area contributed by atoms with Gasteiger partial charge in [0.25, 0.3) is 0 Å². The van der Waals surface area contributed by atoms with E-state index < -0.39 is 0 Å². The molecule has 0 saturated heterocycles. The van der Waals surface area contributed by atoms with Crippen molar-refractivity contribution in [1.29, 1.82) is 0 Å². The van der Waals surface area contributed by atoms with Crippen LogP contribution in [-0.2, 0) is 0 Å². The van der Waals surface area contributed by atoms with Crippen molar-refractivity contribution in [2.75, 3.05) is 20.6 Å². The highest BCUT2D eigenvalue weighted by Gasteiger charge is 2.46. The summed E-state index contributed by atoms with van der Waals surface area (Å²) in [6.45, 7) is 5.61. The molecule has 0 aliphatic heterocycles. The Kier molecular flexibility index (Phi) is 5.92. The zero-order valence-electron chi connectivity index (χ0n) is 13.8. The number of halogens is 1. The Morgan fingerprint density at radius 2 is 2.29 bits per heavy atom. The Labute approximate surface area is 137 Å². The number of rotatable bonds is 6. The lowest BCUT2D eigenvalue weighted by Crippen LogP contribution is -2.56. The molecule has 1 N–H and O–H groups in total. The van der Waals surface area contributed by atoms with Crippen LogP contribution >= 0.6 is 15.9 Å². The second-order valence-electron chi connectivity index (χ2n) is 6.72. The topological polar surface area (TPSA) is 28.4 Å². The highest BCUT2D eigenvalue weighted by atomic mass is 79.9. The van der Waals surface area contributed by atoms with Crippen molar-refractivity contribution >= 4 is 15.9 Å². The molecular formula is C17H29BrN2O. The van der Waals surface area contributed by atoms with E-state index in [-0.39, 0.29) is 11.6 Å². The average Bonchev–Trinajstić information content (AvgIpc) is 2.85. The Bertz CT molecular complexity index is 446. The molecule has 1 saturated carbocycles. The van der Waals surface area contributed by atoms with Crippen molar-refractivity contribution in [3.63, 3.8) is 0 Å². The lowest BCUT2D eigenvalue weighted by Gasteiger charge is -2.50. The zero-order valence-corrected chi connectivity index (χ0v) is 15.4. The standard InChI is InChI=1S/C17H29BrN2O/c1-5-10-19-16(15-14(18)8-11-21-15)17(20(3)4)9-6-7-13(2)12-17/h8,11,13,16,19H,5-7,9-10,12H2,1-4H3. The van der Waals surface area contributed by atoms with E-state index in [9.17, 15) is 0 Å². The Hall–Kier alpha value is -0.320.